The van der Waals surface area contributed by atoms with Gasteiger partial charge in [0.05, 0.1) is 56.8 Å². The molecule has 2 N–H and O–H groups in total. The van der Waals surface area contributed by atoms with E-state index < -0.39 is 0 Å². The number of para-hydroxylation sites is 1. The fourth-order valence-corrected chi connectivity index (χ4v) is 6.57. The summed E-state index contributed by atoms with van der Waals surface area (Å²) in [6, 6.07) is 33.2. The van der Waals surface area contributed by atoms with Crippen LogP contribution in [0.2, 0.25) is 0 Å². The van der Waals surface area contributed by atoms with E-state index in [0.29, 0.717) is 62.5 Å². The number of amides is 2. The number of methoxy groups -OCH3 is 4. The van der Waals surface area contributed by atoms with E-state index in [0.717, 1.165) is 27.9 Å². The van der Waals surface area contributed by atoms with Crippen molar-refractivity contribution in [1.82, 2.24) is 18.8 Å². The van der Waals surface area contributed by atoms with E-state index in [-0.39, 0.29) is 11.8 Å². The lowest BCUT2D eigenvalue weighted by molar-refractivity contribution is 0.101. The molecule has 4 aromatic heterocycles. The Balaban J connectivity index is 1.13. The minimum absolute atomic E-state index is 0.301. The fourth-order valence-electron chi connectivity index (χ4n) is 6.57. The lowest BCUT2D eigenvalue weighted by Gasteiger charge is -2.14. The molecule has 0 fully saturated rings. The van der Waals surface area contributed by atoms with Gasteiger partial charge in [-0.2, -0.15) is 0 Å². The molecule has 0 radical (unpaired) electrons. The summed E-state index contributed by atoms with van der Waals surface area (Å²) in [6.45, 7) is 0. The summed E-state index contributed by atoms with van der Waals surface area (Å²) in [6.07, 6.45) is 7.71. The van der Waals surface area contributed by atoms with Crippen molar-refractivity contribution in [1.29, 1.82) is 0 Å². The van der Waals surface area contributed by atoms with Gasteiger partial charge in [-0.25, -0.2) is 9.97 Å². The number of ether oxygens (including phenoxy) is 4. The van der Waals surface area contributed by atoms with Crippen LogP contribution in [-0.4, -0.2) is 59.0 Å². The molecule has 0 aliphatic carbocycles. The number of carbonyl (C=O) groups excluding carboxylic acids is 2. The van der Waals surface area contributed by atoms with Crippen molar-refractivity contribution in [3.05, 3.63) is 145 Å². The van der Waals surface area contributed by atoms with Crippen molar-refractivity contribution < 1.29 is 28.5 Å². The molecule has 56 heavy (non-hydrogen) atoms. The van der Waals surface area contributed by atoms with Crippen LogP contribution in [0, 0.1) is 0 Å². The number of hydrogen-bond donors (Lipinski definition) is 2. The molecular formula is C44H36N6O6. The average molecular weight is 745 g/mol. The SMILES string of the molecule is COc1ccc(C(=O)Nc2cc(-c3ccn4cc(-c5ccccc5NC(=O)c5ccc(OC)c(OC)c5)nc4c3)ccc2-c2cn3ccccc3n2)c(OC)c1. The van der Waals surface area contributed by atoms with Crippen LogP contribution in [0.4, 0.5) is 11.4 Å². The monoisotopic (exact) mass is 744 g/mol. The predicted molar refractivity (Wildman–Crippen MR) is 215 cm³/mol. The van der Waals surface area contributed by atoms with Gasteiger partial charge in [0, 0.05) is 47.5 Å². The molecule has 4 heterocycles. The van der Waals surface area contributed by atoms with Gasteiger partial charge >= 0.3 is 0 Å². The van der Waals surface area contributed by atoms with Crippen molar-refractivity contribution in [3.63, 3.8) is 0 Å². The Hall–Kier alpha value is -7.60. The Kier molecular flexibility index (Phi) is 9.51. The number of aromatic nitrogens is 4. The highest BCUT2D eigenvalue weighted by atomic mass is 16.5. The number of nitrogens with zero attached hydrogens (tertiary/aromatic N) is 4. The molecule has 0 saturated heterocycles. The minimum Gasteiger partial charge on any atom is -0.497 e. The summed E-state index contributed by atoms with van der Waals surface area (Å²) in [7, 11) is 6.15. The highest BCUT2D eigenvalue weighted by molar-refractivity contribution is 6.09. The standard InChI is InChI=1S/C44H36N6O6/c1-53-30-14-16-33(39(24-30)55-3)44(52)48-35-21-27(12-15-32(35)37-25-49-19-8-7-11-41(49)45-37)28-18-20-50-26-36(46-42(50)23-28)31-9-5-6-10-34(31)47-43(51)29-13-17-38(54-2)40(22-29)56-4/h5-26H,1-4H3,(H,47,51)(H,48,52). The smallest absolute Gasteiger partial charge is 0.259 e. The first-order valence-electron chi connectivity index (χ1n) is 17.6. The van der Waals surface area contributed by atoms with Crippen LogP contribution in [0.3, 0.4) is 0 Å². The fraction of sp³-hybridized carbons (Fsp3) is 0.0909. The van der Waals surface area contributed by atoms with Crippen LogP contribution in [0.15, 0.2) is 134 Å². The van der Waals surface area contributed by atoms with Gasteiger partial charge in [0.15, 0.2) is 11.5 Å². The average Bonchev–Trinajstić information content (AvgIpc) is 3.87. The number of hydrogen-bond acceptors (Lipinski definition) is 8. The third kappa shape index (κ3) is 6.82. The molecule has 0 spiro atoms. The molecular weight excluding hydrogens is 709 g/mol. The topological polar surface area (TPSA) is 130 Å². The van der Waals surface area contributed by atoms with E-state index in [2.05, 4.69) is 10.6 Å². The maximum atomic E-state index is 13.8. The van der Waals surface area contributed by atoms with Crippen molar-refractivity contribution in [3.8, 4) is 56.6 Å². The molecule has 0 aliphatic heterocycles. The molecule has 0 saturated carbocycles. The van der Waals surface area contributed by atoms with Gasteiger partial charge in [-0.05, 0) is 77.9 Å². The van der Waals surface area contributed by atoms with Crippen LogP contribution >= 0.6 is 0 Å². The Morgan fingerprint density at radius 3 is 2.00 bits per heavy atom. The van der Waals surface area contributed by atoms with E-state index in [9.17, 15) is 9.59 Å². The second kappa shape index (κ2) is 15.0. The lowest BCUT2D eigenvalue weighted by atomic mass is 10.0. The molecule has 278 valence electrons. The first-order chi connectivity index (χ1) is 27.3. The Morgan fingerprint density at radius 1 is 0.536 bits per heavy atom. The quantitative estimate of drug-likeness (QED) is 0.135. The molecule has 0 atom stereocenters. The third-order valence-electron chi connectivity index (χ3n) is 9.45. The van der Waals surface area contributed by atoms with Crippen LogP contribution in [-0.2, 0) is 0 Å². The highest BCUT2D eigenvalue weighted by Gasteiger charge is 2.19. The Morgan fingerprint density at radius 2 is 1.23 bits per heavy atom. The maximum absolute atomic E-state index is 13.8. The molecule has 12 heteroatoms. The van der Waals surface area contributed by atoms with Crippen molar-refractivity contribution in [2.45, 2.75) is 0 Å². The molecule has 12 nitrogen and oxygen atoms in total. The number of fused-ring (bicyclic) bond motifs is 2. The van der Waals surface area contributed by atoms with Crippen molar-refractivity contribution in [2.75, 3.05) is 39.1 Å². The van der Waals surface area contributed by atoms with E-state index >= 15 is 0 Å². The van der Waals surface area contributed by atoms with Crippen molar-refractivity contribution >= 4 is 34.5 Å². The van der Waals surface area contributed by atoms with Gasteiger partial charge in [-0.15, -0.1) is 0 Å². The van der Waals surface area contributed by atoms with Gasteiger partial charge < -0.3 is 38.4 Å². The van der Waals surface area contributed by atoms with Crippen LogP contribution < -0.4 is 29.6 Å². The number of anilines is 2. The number of pyridine rings is 2. The number of imidazole rings is 2. The zero-order valence-electron chi connectivity index (χ0n) is 30.9. The molecule has 0 unspecified atom stereocenters. The van der Waals surface area contributed by atoms with E-state index in [1.807, 2.05) is 106 Å². The molecule has 2 amide bonds. The molecule has 8 rings (SSSR count). The third-order valence-corrected chi connectivity index (χ3v) is 9.45. The Bertz CT molecular complexity index is 2740. The number of carbonyl (C=O) groups is 2. The van der Waals surface area contributed by atoms with Gasteiger partial charge in [0.2, 0.25) is 0 Å². The van der Waals surface area contributed by atoms with Crippen LogP contribution in [0.5, 0.6) is 23.0 Å². The molecule has 0 bridgehead atoms. The predicted octanol–water partition coefficient (Wildman–Crippen LogP) is 8.52. The van der Waals surface area contributed by atoms with E-state index in [4.69, 9.17) is 28.9 Å². The first kappa shape index (κ1) is 35.4. The zero-order valence-corrected chi connectivity index (χ0v) is 30.9. The summed E-state index contributed by atoms with van der Waals surface area (Å²) >= 11 is 0. The minimum atomic E-state index is -0.350. The summed E-state index contributed by atoms with van der Waals surface area (Å²) < 4.78 is 25.4. The van der Waals surface area contributed by atoms with Gasteiger partial charge in [-0.1, -0.05) is 36.4 Å². The van der Waals surface area contributed by atoms with E-state index in [1.165, 1.54) is 14.2 Å². The first-order valence-corrected chi connectivity index (χ1v) is 17.6. The van der Waals surface area contributed by atoms with Crippen LogP contribution in [0.1, 0.15) is 20.7 Å². The van der Waals surface area contributed by atoms with Gasteiger partial charge in [0.1, 0.15) is 22.8 Å². The maximum Gasteiger partial charge on any atom is 0.259 e. The summed E-state index contributed by atoms with van der Waals surface area (Å²) in [5.41, 5.74) is 8.02. The zero-order chi connectivity index (χ0) is 38.8. The second-order valence-corrected chi connectivity index (χ2v) is 12.7. The Labute approximate surface area is 321 Å². The largest absolute Gasteiger partial charge is 0.497 e. The highest BCUT2D eigenvalue weighted by Crippen LogP contribution is 2.36. The molecule has 0 aliphatic rings. The number of benzene rings is 4. The number of rotatable bonds is 11. The number of nitrogens with one attached hydrogen (secondary N) is 2. The lowest BCUT2D eigenvalue weighted by Crippen LogP contribution is -2.14. The van der Waals surface area contributed by atoms with E-state index in [1.54, 1.807) is 50.6 Å². The van der Waals surface area contributed by atoms with Gasteiger partial charge in [0.25, 0.3) is 11.8 Å². The normalized spacial score (nSPS) is 11.0. The molecule has 8 aromatic rings. The summed E-state index contributed by atoms with van der Waals surface area (Å²) in [5, 5.41) is 6.15. The van der Waals surface area contributed by atoms with Crippen LogP contribution in [0.25, 0.3) is 44.9 Å². The van der Waals surface area contributed by atoms with Crippen molar-refractivity contribution in [2.24, 2.45) is 0 Å². The molecule has 4 aromatic carbocycles. The summed E-state index contributed by atoms with van der Waals surface area (Å²) in [5.74, 6) is 1.30. The second-order valence-electron chi connectivity index (χ2n) is 12.7. The van der Waals surface area contributed by atoms with Gasteiger partial charge in [-0.3, -0.25) is 9.59 Å². The summed E-state index contributed by atoms with van der Waals surface area (Å²) in [4.78, 5) is 37.0.